The number of H-pyrrole nitrogens is 1. The molecule has 2 aliphatic heterocycles. The van der Waals surface area contributed by atoms with Gasteiger partial charge in [-0.25, -0.2) is 0 Å². The first kappa shape index (κ1) is 6.48. The number of nitrogens with one attached hydrogen (secondary N) is 2. The minimum Gasteiger partial charge on any atom is -0.382 e. The maximum absolute atomic E-state index is 5.76. The van der Waals surface area contributed by atoms with Crippen molar-refractivity contribution in [2.24, 2.45) is 0 Å². The Bertz CT molecular complexity index is 317. The van der Waals surface area contributed by atoms with Gasteiger partial charge in [-0.15, -0.1) is 0 Å². The standard InChI is InChI=1S/C8H12N4/c9-8-7-5-2-1-4(10-5)3-6(7)11-12-8/h4-5,10H,1-3H2,(H3,9,11,12). The summed E-state index contributed by atoms with van der Waals surface area (Å²) in [5.74, 6) is 0.683. The number of nitrogens with zero attached hydrogens (tertiary/aromatic N) is 1. The number of nitrogen functional groups attached to an aromatic ring is 1. The van der Waals surface area contributed by atoms with Crippen LogP contribution in [-0.4, -0.2) is 16.2 Å². The van der Waals surface area contributed by atoms with E-state index in [-0.39, 0.29) is 0 Å². The number of aromatic amines is 1. The summed E-state index contributed by atoms with van der Waals surface area (Å²) in [5, 5.41) is 10.6. The van der Waals surface area contributed by atoms with E-state index in [4.69, 9.17) is 5.73 Å². The number of hydrogen-bond acceptors (Lipinski definition) is 3. The van der Waals surface area contributed by atoms with Gasteiger partial charge in [0.2, 0.25) is 0 Å². The molecule has 0 aliphatic carbocycles. The Morgan fingerprint density at radius 1 is 1.42 bits per heavy atom. The van der Waals surface area contributed by atoms with Gasteiger partial charge in [-0.05, 0) is 12.8 Å². The lowest BCUT2D eigenvalue weighted by molar-refractivity contribution is 0.511. The summed E-state index contributed by atoms with van der Waals surface area (Å²) in [6, 6.07) is 1.12. The van der Waals surface area contributed by atoms with Gasteiger partial charge < -0.3 is 11.1 Å². The van der Waals surface area contributed by atoms with Crippen molar-refractivity contribution < 1.29 is 0 Å². The molecule has 0 amide bonds. The second-order valence-corrected chi connectivity index (χ2v) is 3.70. The van der Waals surface area contributed by atoms with Crippen LogP contribution in [0.4, 0.5) is 5.82 Å². The molecule has 1 aromatic rings. The van der Waals surface area contributed by atoms with Crippen molar-refractivity contribution in [2.45, 2.75) is 31.3 Å². The van der Waals surface area contributed by atoms with Gasteiger partial charge in [-0.3, -0.25) is 5.10 Å². The predicted octanol–water partition coefficient (Wildman–Crippen LogP) is 0.341. The van der Waals surface area contributed by atoms with Gasteiger partial charge in [-0.2, -0.15) is 5.10 Å². The highest BCUT2D eigenvalue weighted by Gasteiger charge is 2.34. The quantitative estimate of drug-likeness (QED) is 0.518. The zero-order chi connectivity index (χ0) is 8.13. The summed E-state index contributed by atoms with van der Waals surface area (Å²) in [6.45, 7) is 0. The molecule has 4 nitrogen and oxygen atoms in total. The fourth-order valence-electron chi connectivity index (χ4n) is 2.40. The third-order valence-corrected chi connectivity index (χ3v) is 2.95. The number of hydrogen-bond donors (Lipinski definition) is 3. The minimum absolute atomic E-state index is 0.470. The number of rotatable bonds is 0. The zero-order valence-electron chi connectivity index (χ0n) is 6.80. The highest BCUT2D eigenvalue weighted by Crippen LogP contribution is 2.37. The van der Waals surface area contributed by atoms with Crippen molar-refractivity contribution in [3.63, 3.8) is 0 Å². The van der Waals surface area contributed by atoms with Crippen LogP contribution in [0, 0.1) is 0 Å². The fourth-order valence-corrected chi connectivity index (χ4v) is 2.40. The highest BCUT2D eigenvalue weighted by molar-refractivity contribution is 5.47. The van der Waals surface area contributed by atoms with E-state index in [1.807, 2.05) is 0 Å². The predicted molar refractivity (Wildman–Crippen MR) is 45.6 cm³/mol. The molecular formula is C8H12N4. The molecule has 1 saturated heterocycles. The molecular weight excluding hydrogens is 152 g/mol. The van der Waals surface area contributed by atoms with Crippen LogP contribution in [0.5, 0.6) is 0 Å². The molecule has 2 atom stereocenters. The maximum Gasteiger partial charge on any atom is 0.150 e. The first-order chi connectivity index (χ1) is 5.84. The van der Waals surface area contributed by atoms with Crippen molar-refractivity contribution >= 4 is 5.82 Å². The Balaban J connectivity index is 2.15. The summed E-state index contributed by atoms with van der Waals surface area (Å²) in [6.07, 6.45) is 3.55. The SMILES string of the molecule is Nc1n[nH]c2c1C1CCC(C2)N1. The molecule has 4 N–H and O–H groups in total. The van der Waals surface area contributed by atoms with E-state index in [2.05, 4.69) is 15.5 Å². The van der Waals surface area contributed by atoms with Gasteiger partial charge in [0.1, 0.15) is 5.82 Å². The molecule has 0 radical (unpaired) electrons. The average molecular weight is 164 g/mol. The van der Waals surface area contributed by atoms with E-state index in [9.17, 15) is 0 Å². The first-order valence-corrected chi connectivity index (χ1v) is 4.43. The van der Waals surface area contributed by atoms with Crippen molar-refractivity contribution in [3.05, 3.63) is 11.3 Å². The van der Waals surface area contributed by atoms with Crippen LogP contribution in [0.25, 0.3) is 0 Å². The summed E-state index contributed by atoms with van der Waals surface area (Å²) in [4.78, 5) is 0. The molecule has 2 unspecified atom stereocenters. The highest BCUT2D eigenvalue weighted by atomic mass is 15.2. The van der Waals surface area contributed by atoms with E-state index in [0.29, 0.717) is 17.9 Å². The smallest absolute Gasteiger partial charge is 0.150 e. The lowest BCUT2D eigenvalue weighted by Crippen LogP contribution is -2.31. The lowest BCUT2D eigenvalue weighted by Gasteiger charge is -2.20. The lowest BCUT2D eigenvalue weighted by atomic mass is 10.0. The summed E-state index contributed by atoms with van der Waals surface area (Å²) in [5.41, 5.74) is 8.24. The molecule has 1 aromatic heterocycles. The summed E-state index contributed by atoms with van der Waals surface area (Å²) >= 11 is 0. The zero-order valence-corrected chi connectivity index (χ0v) is 6.80. The topological polar surface area (TPSA) is 66.7 Å². The van der Waals surface area contributed by atoms with E-state index < -0.39 is 0 Å². The Hall–Kier alpha value is -1.03. The molecule has 3 rings (SSSR count). The number of aromatic nitrogens is 2. The van der Waals surface area contributed by atoms with Gasteiger partial charge in [0.25, 0.3) is 0 Å². The van der Waals surface area contributed by atoms with Gasteiger partial charge >= 0.3 is 0 Å². The molecule has 0 saturated carbocycles. The van der Waals surface area contributed by atoms with Crippen LogP contribution in [0.1, 0.15) is 30.1 Å². The van der Waals surface area contributed by atoms with Crippen molar-refractivity contribution in [3.8, 4) is 0 Å². The molecule has 2 aliphatic rings. The Morgan fingerprint density at radius 3 is 3.25 bits per heavy atom. The van der Waals surface area contributed by atoms with Crippen LogP contribution in [0.3, 0.4) is 0 Å². The average Bonchev–Trinajstić information content (AvgIpc) is 2.59. The number of anilines is 1. The van der Waals surface area contributed by atoms with Gasteiger partial charge in [0, 0.05) is 29.8 Å². The van der Waals surface area contributed by atoms with E-state index in [1.54, 1.807) is 0 Å². The largest absolute Gasteiger partial charge is 0.382 e. The van der Waals surface area contributed by atoms with Gasteiger partial charge in [0.15, 0.2) is 0 Å². The normalized spacial score (nSPS) is 32.0. The van der Waals surface area contributed by atoms with Crippen LogP contribution < -0.4 is 11.1 Å². The Labute approximate surface area is 70.5 Å². The Kier molecular flexibility index (Phi) is 1.09. The van der Waals surface area contributed by atoms with E-state index in [0.717, 1.165) is 6.42 Å². The van der Waals surface area contributed by atoms with Crippen LogP contribution in [0.2, 0.25) is 0 Å². The van der Waals surface area contributed by atoms with Crippen molar-refractivity contribution in [2.75, 3.05) is 5.73 Å². The molecule has 64 valence electrons. The number of fused-ring (bicyclic) bond motifs is 4. The molecule has 0 spiro atoms. The first-order valence-electron chi connectivity index (χ1n) is 4.43. The van der Waals surface area contributed by atoms with Gasteiger partial charge in [-0.1, -0.05) is 0 Å². The fraction of sp³-hybridized carbons (Fsp3) is 0.625. The van der Waals surface area contributed by atoms with Crippen LogP contribution >= 0.6 is 0 Å². The molecule has 2 bridgehead atoms. The maximum atomic E-state index is 5.76. The molecule has 3 heterocycles. The van der Waals surface area contributed by atoms with E-state index >= 15 is 0 Å². The number of nitrogens with two attached hydrogens (primary N) is 1. The molecule has 12 heavy (non-hydrogen) atoms. The molecule has 1 fully saturated rings. The summed E-state index contributed by atoms with van der Waals surface area (Å²) in [7, 11) is 0. The van der Waals surface area contributed by atoms with Crippen molar-refractivity contribution in [1.82, 2.24) is 15.5 Å². The summed E-state index contributed by atoms with van der Waals surface area (Å²) < 4.78 is 0. The molecule has 0 aromatic carbocycles. The van der Waals surface area contributed by atoms with Crippen molar-refractivity contribution in [1.29, 1.82) is 0 Å². The monoisotopic (exact) mass is 164 g/mol. The third-order valence-electron chi connectivity index (χ3n) is 2.95. The molecule has 4 heteroatoms. The second kappa shape index (κ2) is 2.01. The Morgan fingerprint density at radius 2 is 2.33 bits per heavy atom. The van der Waals surface area contributed by atoms with Gasteiger partial charge in [0.05, 0.1) is 0 Å². The van der Waals surface area contributed by atoms with Crippen LogP contribution in [-0.2, 0) is 6.42 Å². The van der Waals surface area contributed by atoms with Crippen LogP contribution in [0.15, 0.2) is 0 Å². The third kappa shape index (κ3) is 0.679. The second-order valence-electron chi connectivity index (χ2n) is 3.70. The van der Waals surface area contributed by atoms with E-state index in [1.165, 1.54) is 24.1 Å². The minimum atomic E-state index is 0.470.